The molecular weight excluding hydrogens is 372 g/mol. The maximum absolute atomic E-state index is 12.7. The molecule has 1 fully saturated rings. The number of ether oxygens (including phenoxy) is 1. The van der Waals surface area contributed by atoms with Gasteiger partial charge in [0.25, 0.3) is 5.91 Å². The van der Waals surface area contributed by atoms with Gasteiger partial charge in [0.2, 0.25) is 5.91 Å². The number of nitriles is 1. The molecule has 1 aromatic carbocycles. The molecule has 1 unspecified atom stereocenters. The van der Waals surface area contributed by atoms with Crippen LogP contribution in [-0.4, -0.2) is 56.0 Å². The molecular formula is C21H28N4O4. The summed E-state index contributed by atoms with van der Waals surface area (Å²) in [7, 11) is 0. The van der Waals surface area contributed by atoms with Crippen LogP contribution in [0.3, 0.4) is 0 Å². The molecule has 1 heterocycles. The Kier molecular flexibility index (Phi) is 8.16. The number of ketones is 1. The van der Waals surface area contributed by atoms with Gasteiger partial charge < -0.3 is 20.3 Å². The molecule has 2 atom stereocenters. The van der Waals surface area contributed by atoms with Crippen LogP contribution >= 0.6 is 0 Å². The van der Waals surface area contributed by atoms with Crippen molar-refractivity contribution in [3.8, 4) is 6.07 Å². The molecule has 0 bridgehead atoms. The summed E-state index contributed by atoms with van der Waals surface area (Å²) < 4.78 is 5.35. The third kappa shape index (κ3) is 6.57. The summed E-state index contributed by atoms with van der Waals surface area (Å²) in [5.74, 6) is -1.24. The maximum Gasteiger partial charge on any atom is 0.251 e. The van der Waals surface area contributed by atoms with Crippen molar-refractivity contribution in [2.75, 3.05) is 31.2 Å². The molecule has 2 N–H and O–H groups in total. The van der Waals surface area contributed by atoms with Crippen molar-refractivity contribution in [3.05, 3.63) is 29.8 Å². The number of hydrogen-bond acceptors (Lipinski definition) is 6. The summed E-state index contributed by atoms with van der Waals surface area (Å²) in [5.41, 5.74) is 1.45. The third-order valence-corrected chi connectivity index (χ3v) is 4.66. The van der Waals surface area contributed by atoms with Gasteiger partial charge in [-0.3, -0.25) is 14.4 Å². The molecule has 1 aromatic rings. The standard InChI is InChI=1S/C21H28N4O4/c1-14(2)12-18(21(28)24-19(13-22)15(3)26)23-20(27)16-4-6-17(7-5-16)25-8-10-29-11-9-25/h4-7,14,18-19H,8-12H2,1-3H3,(H,23,27)(H,24,28)/t18-,19?/m0/s1. The van der Waals surface area contributed by atoms with E-state index < -0.39 is 23.8 Å². The van der Waals surface area contributed by atoms with Gasteiger partial charge in [0.05, 0.1) is 19.3 Å². The lowest BCUT2D eigenvalue weighted by Crippen LogP contribution is -2.51. The topological polar surface area (TPSA) is 112 Å². The van der Waals surface area contributed by atoms with Gasteiger partial charge in [0, 0.05) is 24.3 Å². The molecule has 2 rings (SSSR count). The largest absolute Gasteiger partial charge is 0.378 e. The number of amides is 2. The van der Waals surface area contributed by atoms with Crippen molar-refractivity contribution in [3.63, 3.8) is 0 Å². The van der Waals surface area contributed by atoms with Crippen LogP contribution in [0.1, 0.15) is 37.6 Å². The van der Waals surface area contributed by atoms with E-state index in [1.165, 1.54) is 6.92 Å². The average Bonchev–Trinajstić information content (AvgIpc) is 2.71. The number of Topliss-reactive ketones (excluding diaryl/α,β-unsaturated/α-hetero) is 1. The summed E-state index contributed by atoms with van der Waals surface area (Å²) in [6, 6.07) is 6.89. The Morgan fingerprint density at radius 2 is 1.76 bits per heavy atom. The van der Waals surface area contributed by atoms with Gasteiger partial charge in [-0.25, -0.2) is 0 Å². The second-order valence-corrected chi connectivity index (χ2v) is 7.48. The summed E-state index contributed by atoms with van der Waals surface area (Å²) in [5, 5.41) is 14.1. The highest BCUT2D eigenvalue weighted by atomic mass is 16.5. The van der Waals surface area contributed by atoms with Crippen molar-refractivity contribution >= 4 is 23.3 Å². The number of nitrogens with one attached hydrogen (secondary N) is 2. The Bertz CT molecular complexity index is 764. The lowest BCUT2D eigenvalue weighted by atomic mass is 10.0. The van der Waals surface area contributed by atoms with E-state index in [0.29, 0.717) is 25.2 Å². The van der Waals surface area contributed by atoms with Gasteiger partial charge in [-0.1, -0.05) is 13.8 Å². The SMILES string of the molecule is CC(=O)C(C#N)NC(=O)[C@H](CC(C)C)NC(=O)c1ccc(N2CCOCC2)cc1. The second kappa shape index (κ2) is 10.6. The second-order valence-electron chi connectivity index (χ2n) is 7.48. The van der Waals surface area contributed by atoms with Crippen molar-refractivity contribution in [2.24, 2.45) is 5.92 Å². The van der Waals surface area contributed by atoms with E-state index in [0.717, 1.165) is 18.8 Å². The molecule has 156 valence electrons. The van der Waals surface area contributed by atoms with Crippen LogP contribution in [0.5, 0.6) is 0 Å². The number of morpholine rings is 1. The van der Waals surface area contributed by atoms with Gasteiger partial charge in [0.15, 0.2) is 11.8 Å². The number of rotatable bonds is 8. The molecule has 8 nitrogen and oxygen atoms in total. The Labute approximate surface area is 171 Å². The molecule has 0 saturated carbocycles. The Hall–Kier alpha value is -2.92. The molecule has 29 heavy (non-hydrogen) atoms. The zero-order chi connectivity index (χ0) is 21.4. The van der Waals surface area contributed by atoms with E-state index in [-0.39, 0.29) is 11.8 Å². The average molecular weight is 400 g/mol. The lowest BCUT2D eigenvalue weighted by Gasteiger charge is -2.29. The first kappa shape index (κ1) is 22.4. The van der Waals surface area contributed by atoms with E-state index in [9.17, 15) is 14.4 Å². The normalized spacial score (nSPS) is 15.9. The first-order valence-corrected chi connectivity index (χ1v) is 9.76. The Morgan fingerprint density at radius 1 is 1.14 bits per heavy atom. The highest BCUT2D eigenvalue weighted by Gasteiger charge is 2.26. The number of carbonyl (C=O) groups excluding carboxylic acids is 3. The first-order valence-electron chi connectivity index (χ1n) is 9.76. The number of nitrogens with zero attached hydrogens (tertiary/aromatic N) is 2. The molecule has 0 aromatic heterocycles. The fourth-order valence-electron chi connectivity index (χ4n) is 3.06. The van der Waals surface area contributed by atoms with E-state index in [1.807, 2.05) is 26.0 Å². The highest BCUT2D eigenvalue weighted by Crippen LogP contribution is 2.17. The van der Waals surface area contributed by atoms with Crippen LogP contribution in [0.25, 0.3) is 0 Å². The molecule has 1 aliphatic rings. The van der Waals surface area contributed by atoms with Crippen molar-refractivity contribution < 1.29 is 19.1 Å². The fraction of sp³-hybridized carbons (Fsp3) is 0.524. The van der Waals surface area contributed by atoms with E-state index in [4.69, 9.17) is 10.00 Å². The molecule has 0 spiro atoms. The minimum absolute atomic E-state index is 0.132. The predicted octanol–water partition coefficient (Wildman–Crippen LogP) is 1.27. The number of anilines is 1. The van der Waals surface area contributed by atoms with Gasteiger partial charge in [0.1, 0.15) is 6.04 Å². The minimum atomic E-state index is -1.22. The highest BCUT2D eigenvalue weighted by molar-refractivity contribution is 5.98. The van der Waals surface area contributed by atoms with Crippen LogP contribution in [0.4, 0.5) is 5.69 Å². The number of carbonyl (C=O) groups is 3. The van der Waals surface area contributed by atoms with Crippen molar-refractivity contribution in [2.45, 2.75) is 39.3 Å². The summed E-state index contributed by atoms with van der Waals surface area (Å²) >= 11 is 0. The monoisotopic (exact) mass is 400 g/mol. The summed E-state index contributed by atoms with van der Waals surface area (Å²) in [6.07, 6.45) is 0.388. The zero-order valence-electron chi connectivity index (χ0n) is 17.1. The maximum atomic E-state index is 12.7. The number of benzene rings is 1. The van der Waals surface area contributed by atoms with Crippen LogP contribution in [0.15, 0.2) is 24.3 Å². The lowest BCUT2D eigenvalue weighted by molar-refractivity contribution is -0.127. The minimum Gasteiger partial charge on any atom is -0.378 e. The van der Waals surface area contributed by atoms with E-state index >= 15 is 0 Å². The molecule has 8 heteroatoms. The molecule has 1 aliphatic heterocycles. The van der Waals surface area contributed by atoms with Gasteiger partial charge >= 0.3 is 0 Å². The summed E-state index contributed by atoms with van der Waals surface area (Å²) in [4.78, 5) is 38.8. The van der Waals surface area contributed by atoms with Gasteiger partial charge in [-0.15, -0.1) is 0 Å². The van der Waals surface area contributed by atoms with Gasteiger partial charge in [-0.05, 0) is 43.5 Å². The van der Waals surface area contributed by atoms with Crippen LogP contribution < -0.4 is 15.5 Å². The number of hydrogen-bond donors (Lipinski definition) is 2. The molecule has 0 aliphatic carbocycles. The van der Waals surface area contributed by atoms with Crippen LogP contribution in [0.2, 0.25) is 0 Å². The molecule has 1 saturated heterocycles. The fourth-order valence-corrected chi connectivity index (χ4v) is 3.06. The zero-order valence-corrected chi connectivity index (χ0v) is 17.1. The Morgan fingerprint density at radius 3 is 2.28 bits per heavy atom. The predicted molar refractivity (Wildman–Crippen MR) is 108 cm³/mol. The van der Waals surface area contributed by atoms with Crippen molar-refractivity contribution in [1.29, 1.82) is 5.26 Å². The van der Waals surface area contributed by atoms with Crippen LogP contribution in [0, 0.1) is 17.2 Å². The molecule has 2 amide bonds. The summed E-state index contributed by atoms with van der Waals surface area (Å²) in [6.45, 7) is 8.06. The first-order chi connectivity index (χ1) is 13.8. The smallest absolute Gasteiger partial charge is 0.251 e. The quantitative estimate of drug-likeness (QED) is 0.680. The van der Waals surface area contributed by atoms with Crippen molar-refractivity contribution in [1.82, 2.24) is 10.6 Å². The van der Waals surface area contributed by atoms with Crippen LogP contribution in [-0.2, 0) is 14.3 Å². The van der Waals surface area contributed by atoms with E-state index in [1.54, 1.807) is 18.2 Å². The van der Waals surface area contributed by atoms with E-state index in [2.05, 4.69) is 15.5 Å². The molecule has 0 radical (unpaired) electrons. The third-order valence-electron chi connectivity index (χ3n) is 4.66. The Balaban J connectivity index is 2.05. The van der Waals surface area contributed by atoms with Gasteiger partial charge in [-0.2, -0.15) is 5.26 Å².